The maximum absolute atomic E-state index is 9.29. The zero-order chi connectivity index (χ0) is 15.1. The fourth-order valence-corrected chi connectivity index (χ4v) is 3.25. The first-order chi connectivity index (χ1) is 9.56. The van der Waals surface area contributed by atoms with E-state index in [4.69, 9.17) is 0 Å². The summed E-state index contributed by atoms with van der Waals surface area (Å²) in [6, 6.07) is 0.632. The van der Waals surface area contributed by atoms with Crippen molar-refractivity contribution in [2.75, 3.05) is 13.1 Å². The van der Waals surface area contributed by atoms with Gasteiger partial charge in [-0.2, -0.15) is 0 Å². The smallest absolute Gasteiger partial charge is 0.329 e. The van der Waals surface area contributed by atoms with Crippen LogP contribution in [0.15, 0.2) is 12.7 Å². The summed E-state index contributed by atoms with van der Waals surface area (Å²) in [6.07, 6.45) is 14.6. The summed E-state index contributed by atoms with van der Waals surface area (Å²) in [6.45, 7) is 7.32. The molecule has 0 atom stereocenters. The van der Waals surface area contributed by atoms with Gasteiger partial charge in [0.25, 0.3) is 0 Å². The van der Waals surface area contributed by atoms with Crippen LogP contribution in [0.25, 0.3) is 0 Å². The first-order valence-electron chi connectivity index (χ1n) is 8.32. The Morgan fingerprint density at radius 3 is 1.75 bits per heavy atom. The Hall–Kier alpha value is -0.163. The largest absolute Gasteiger partial charge is 0.411 e. The van der Waals surface area contributed by atoms with Crippen molar-refractivity contribution < 1.29 is 9.59 Å². The van der Waals surface area contributed by atoms with E-state index in [0.29, 0.717) is 6.04 Å². The van der Waals surface area contributed by atoms with Gasteiger partial charge in [0.05, 0.1) is 0 Å². The molecule has 0 rings (SSSR count). The van der Waals surface area contributed by atoms with Crippen LogP contribution < -0.4 is 5.32 Å². The molecule has 4 heteroatoms. The second kappa shape index (κ2) is 13.8. The Labute approximate surface area is 126 Å². The van der Waals surface area contributed by atoms with Crippen LogP contribution in [-0.2, 0) is 0 Å². The van der Waals surface area contributed by atoms with Gasteiger partial charge in [0.15, 0.2) is 0 Å². The highest BCUT2D eigenvalue weighted by Gasteiger charge is 2.19. The van der Waals surface area contributed by atoms with Gasteiger partial charge < -0.3 is 14.9 Å². The number of hydrogen-bond acceptors (Lipinski definition) is 3. The Bertz CT molecular complexity index is 217. The molecule has 0 amide bonds. The first kappa shape index (κ1) is 19.8. The fourth-order valence-electron chi connectivity index (χ4n) is 2.33. The standard InChI is InChI=1S/C16H35NO2Si/c1-3-14-17-15-12-10-8-6-4-5-7-9-11-13-16-20(2,18)19/h3,17-19H,1,4-16H2,2H3. The van der Waals surface area contributed by atoms with Crippen molar-refractivity contribution >= 4 is 8.56 Å². The third kappa shape index (κ3) is 17.8. The van der Waals surface area contributed by atoms with Gasteiger partial charge in [-0.1, -0.05) is 63.9 Å². The van der Waals surface area contributed by atoms with Crippen molar-refractivity contribution in [2.45, 2.75) is 76.8 Å². The molecule has 0 radical (unpaired) electrons. The number of unbranched alkanes of at least 4 members (excludes halogenated alkanes) is 9. The van der Waals surface area contributed by atoms with Crippen LogP contribution in [0.1, 0.15) is 64.2 Å². The van der Waals surface area contributed by atoms with Crippen LogP contribution >= 0.6 is 0 Å². The maximum Gasteiger partial charge on any atom is 0.329 e. The lowest BCUT2D eigenvalue weighted by molar-refractivity contribution is 0.366. The average molecular weight is 302 g/mol. The predicted octanol–water partition coefficient (Wildman–Crippen LogP) is 3.72. The molecule has 0 aliphatic rings. The second-order valence-electron chi connectivity index (χ2n) is 6.00. The highest BCUT2D eigenvalue weighted by molar-refractivity contribution is 6.63. The quantitative estimate of drug-likeness (QED) is 0.245. The first-order valence-corrected chi connectivity index (χ1v) is 10.9. The Balaban J connectivity index is 3.01. The lowest BCUT2D eigenvalue weighted by Crippen LogP contribution is -2.29. The molecule has 3 nitrogen and oxygen atoms in total. The zero-order valence-corrected chi connectivity index (χ0v) is 14.4. The van der Waals surface area contributed by atoms with Crippen molar-refractivity contribution in [2.24, 2.45) is 0 Å². The summed E-state index contributed by atoms with van der Waals surface area (Å²) in [5.41, 5.74) is 0. The van der Waals surface area contributed by atoms with Crippen LogP contribution in [0.2, 0.25) is 12.6 Å². The van der Waals surface area contributed by atoms with Crippen molar-refractivity contribution in [1.82, 2.24) is 5.32 Å². The molecule has 0 aromatic carbocycles. The van der Waals surface area contributed by atoms with E-state index in [9.17, 15) is 9.59 Å². The van der Waals surface area contributed by atoms with E-state index in [-0.39, 0.29) is 0 Å². The predicted molar refractivity (Wildman–Crippen MR) is 90.1 cm³/mol. The number of rotatable bonds is 15. The summed E-state index contributed by atoms with van der Waals surface area (Å²) in [4.78, 5) is 18.6. The molecule has 0 saturated carbocycles. The molecule has 120 valence electrons. The summed E-state index contributed by atoms with van der Waals surface area (Å²) in [5.74, 6) is 0. The Kier molecular flexibility index (Phi) is 13.7. The highest BCUT2D eigenvalue weighted by atomic mass is 28.4. The Morgan fingerprint density at radius 2 is 1.30 bits per heavy atom. The van der Waals surface area contributed by atoms with Crippen LogP contribution in [-0.4, -0.2) is 31.2 Å². The second-order valence-corrected chi connectivity index (χ2v) is 8.93. The van der Waals surface area contributed by atoms with E-state index in [0.717, 1.165) is 25.9 Å². The molecule has 0 aromatic heterocycles. The van der Waals surface area contributed by atoms with E-state index >= 15 is 0 Å². The van der Waals surface area contributed by atoms with Gasteiger partial charge in [0.2, 0.25) is 0 Å². The molecule has 3 N–H and O–H groups in total. The van der Waals surface area contributed by atoms with Crippen LogP contribution in [0, 0.1) is 0 Å². The molecular formula is C16H35NO2Si. The van der Waals surface area contributed by atoms with Crippen molar-refractivity contribution in [3.8, 4) is 0 Å². The normalized spacial score (nSPS) is 11.8. The topological polar surface area (TPSA) is 52.5 Å². The molecule has 0 saturated heterocycles. The molecule has 0 spiro atoms. The van der Waals surface area contributed by atoms with Crippen molar-refractivity contribution in [1.29, 1.82) is 0 Å². The highest BCUT2D eigenvalue weighted by Crippen LogP contribution is 2.13. The van der Waals surface area contributed by atoms with Crippen LogP contribution in [0.4, 0.5) is 0 Å². The van der Waals surface area contributed by atoms with Crippen molar-refractivity contribution in [3.05, 3.63) is 12.7 Å². The molecule has 0 aliphatic carbocycles. The van der Waals surface area contributed by atoms with Gasteiger partial charge in [-0.15, -0.1) is 6.58 Å². The van der Waals surface area contributed by atoms with Gasteiger partial charge in [0, 0.05) is 6.54 Å². The molecule has 0 aliphatic heterocycles. The van der Waals surface area contributed by atoms with E-state index in [1.54, 1.807) is 6.55 Å². The van der Waals surface area contributed by atoms with Gasteiger partial charge >= 0.3 is 8.56 Å². The van der Waals surface area contributed by atoms with Crippen molar-refractivity contribution in [3.63, 3.8) is 0 Å². The lowest BCUT2D eigenvalue weighted by Gasteiger charge is -2.10. The minimum absolute atomic E-state index is 0.632. The molecule has 0 fully saturated rings. The minimum atomic E-state index is -2.77. The van der Waals surface area contributed by atoms with Gasteiger partial charge in [-0.25, -0.2) is 0 Å². The SMILES string of the molecule is C=CCNCCCCCCCCCCCC[Si](C)(O)O. The van der Waals surface area contributed by atoms with E-state index < -0.39 is 8.56 Å². The monoisotopic (exact) mass is 301 g/mol. The third-order valence-corrected chi connectivity index (χ3v) is 4.84. The van der Waals surface area contributed by atoms with Crippen LogP contribution in [0.5, 0.6) is 0 Å². The van der Waals surface area contributed by atoms with E-state index in [1.165, 1.54) is 51.4 Å². The molecule has 0 bridgehead atoms. The zero-order valence-electron chi connectivity index (χ0n) is 13.4. The summed E-state index contributed by atoms with van der Waals surface area (Å²) >= 11 is 0. The molecule has 20 heavy (non-hydrogen) atoms. The van der Waals surface area contributed by atoms with Gasteiger partial charge in [-0.3, -0.25) is 0 Å². The number of hydrogen-bond donors (Lipinski definition) is 3. The number of nitrogens with one attached hydrogen (secondary N) is 1. The van der Waals surface area contributed by atoms with Gasteiger partial charge in [-0.05, 0) is 25.6 Å². The maximum atomic E-state index is 9.29. The van der Waals surface area contributed by atoms with E-state index in [2.05, 4.69) is 11.9 Å². The average Bonchev–Trinajstić information content (AvgIpc) is 2.38. The summed E-state index contributed by atoms with van der Waals surface area (Å²) in [5, 5.41) is 3.33. The molecular weight excluding hydrogens is 266 g/mol. The fraction of sp³-hybridized carbons (Fsp3) is 0.875. The van der Waals surface area contributed by atoms with E-state index in [1.807, 2.05) is 6.08 Å². The molecule has 0 unspecified atom stereocenters. The van der Waals surface area contributed by atoms with Gasteiger partial charge in [0.1, 0.15) is 0 Å². The lowest BCUT2D eigenvalue weighted by atomic mass is 10.1. The summed E-state index contributed by atoms with van der Waals surface area (Å²) < 4.78 is 0. The molecule has 0 aromatic rings. The third-order valence-electron chi connectivity index (χ3n) is 3.54. The van der Waals surface area contributed by atoms with Crippen LogP contribution in [0.3, 0.4) is 0 Å². The summed E-state index contributed by atoms with van der Waals surface area (Å²) in [7, 11) is -2.77. The Morgan fingerprint density at radius 1 is 0.850 bits per heavy atom. The minimum Gasteiger partial charge on any atom is -0.411 e. The molecule has 0 heterocycles.